The molecule has 0 spiro atoms. The molecule has 2 unspecified atom stereocenters. The quantitative estimate of drug-likeness (QED) is 0.792. The van der Waals surface area contributed by atoms with Crippen molar-refractivity contribution in [2.24, 2.45) is 5.92 Å². The van der Waals surface area contributed by atoms with Crippen LogP contribution in [0.2, 0.25) is 0 Å². The van der Waals surface area contributed by atoms with Crippen molar-refractivity contribution in [3.05, 3.63) is 24.2 Å². The first kappa shape index (κ1) is 11.7. The van der Waals surface area contributed by atoms with Crippen molar-refractivity contribution in [1.82, 2.24) is 5.32 Å². The van der Waals surface area contributed by atoms with Crippen LogP contribution in [0.5, 0.6) is 0 Å². The fourth-order valence-corrected chi connectivity index (χ4v) is 2.76. The predicted molar refractivity (Wildman–Crippen MR) is 66.2 cm³/mol. The van der Waals surface area contributed by atoms with Crippen molar-refractivity contribution in [3.8, 4) is 0 Å². The third kappa shape index (κ3) is 3.11. The molecule has 1 aliphatic carbocycles. The Kier molecular flexibility index (Phi) is 4.46. The van der Waals surface area contributed by atoms with Crippen LogP contribution in [0.15, 0.2) is 22.8 Å². The third-order valence-electron chi connectivity index (χ3n) is 3.71. The van der Waals surface area contributed by atoms with Gasteiger partial charge >= 0.3 is 0 Å². The highest BCUT2D eigenvalue weighted by atomic mass is 16.3. The van der Waals surface area contributed by atoms with Gasteiger partial charge in [-0.15, -0.1) is 0 Å². The van der Waals surface area contributed by atoms with Gasteiger partial charge in [0.15, 0.2) is 0 Å². The summed E-state index contributed by atoms with van der Waals surface area (Å²) in [6, 6.07) is 4.72. The van der Waals surface area contributed by atoms with Gasteiger partial charge in [0.25, 0.3) is 0 Å². The summed E-state index contributed by atoms with van der Waals surface area (Å²) >= 11 is 0. The van der Waals surface area contributed by atoms with E-state index in [0.717, 1.165) is 24.3 Å². The van der Waals surface area contributed by atoms with Crippen molar-refractivity contribution in [2.45, 2.75) is 58.0 Å². The number of hydrogen-bond donors (Lipinski definition) is 1. The molecule has 1 heterocycles. The van der Waals surface area contributed by atoms with E-state index in [1.54, 1.807) is 6.26 Å². The second-order valence-corrected chi connectivity index (χ2v) is 4.90. The van der Waals surface area contributed by atoms with Crippen LogP contribution in [0.1, 0.15) is 51.2 Å². The number of nitrogens with one attached hydrogen (secondary N) is 1. The number of rotatable bonds is 6. The summed E-state index contributed by atoms with van der Waals surface area (Å²) in [7, 11) is 0. The lowest BCUT2D eigenvalue weighted by Crippen LogP contribution is -2.31. The Balaban J connectivity index is 1.75. The molecule has 1 aromatic rings. The Morgan fingerprint density at radius 2 is 2.38 bits per heavy atom. The largest absolute Gasteiger partial charge is 0.468 e. The summed E-state index contributed by atoms with van der Waals surface area (Å²) in [5.74, 6) is 1.95. The molecule has 0 saturated heterocycles. The van der Waals surface area contributed by atoms with E-state index in [4.69, 9.17) is 4.42 Å². The van der Waals surface area contributed by atoms with Gasteiger partial charge in [0, 0.05) is 6.04 Å². The molecule has 1 aliphatic rings. The van der Waals surface area contributed by atoms with Crippen molar-refractivity contribution in [1.29, 1.82) is 0 Å². The Bertz CT molecular complexity index is 281. The van der Waals surface area contributed by atoms with E-state index < -0.39 is 0 Å². The van der Waals surface area contributed by atoms with E-state index in [1.165, 1.54) is 38.5 Å². The zero-order valence-corrected chi connectivity index (χ0v) is 10.2. The van der Waals surface area contributed by atoms with Gasteiger partial charge in [-0.05, 0) is 37.3 Å². The third-order valence-corrected chi connectivity index (χ3v) is 3.71. The van der Waals surface area contributed by atoms with Crippen LogP contribution < -0.4 is 5.32 Å². The minimum atomic E-state index is 0.719. The molecule has 0 radical (unpaired) electrons. The normalized spacial score (nSPS) is 25.1. The van der Waals surface area contributed by atoms with Crippen LogP contribution in [0, 0.1) is 5.92 Å². The van der Waals surface area contributed by atoms with Gasteiger partial charge in [-0.2, -0.15) is 0 Å². The average molecular weight is 221 g/mol. The maximum atomic E-state index is 5.35. The maximum absolute atomic E-state index is 5.35. The highest BCUT2D eigenvalue weighted by molar-refractivity contribution is 4.98. The lowest BCUT2D eigenvalue weighted by Gasteiger charge is -2.20. The van der Waals surface area contributed by atoms with Gasteiger partial charge in [0.2, 0.25) is 0 Å². The van der Waals surface area contributed by atoms with Crippen LogP contribution in [0.25, 0.3) is 0 Å². The lowest BCUT2D eigenvalue weighted by molar-refractivity contribution is 0.354. The van der Waals surface area contributed by atoms with Gasteiger partial charge < -0.3 is 9.73 Å². The highest BCUT2D eigenvalue weighted by Crippen LogP contribution is 2.30. The molecule has 2 rings (SSSR count). The van der Waals surface area contributed by atoms with Crippen molar-refractivity contribution >= 4 is 0 Å². The van der Waals surface area contributed by atoms with Gasteiger partial charge in [0.1, 0.15) is 5.76 Å². The van der Waals surface area contributed by atoms with E-state index >= 15 is 0 Å². The molecule has 1 N–H and O–H groups in total. The fourth-order valence-electron chi connectivity index (χ4n) is 2.76. The lowest BCUT2D eigenvalue weighted by atomic mass is 9.97. The number of unbranched alkanes of at least 4 members (excludes halogenated alkanes) is 1. The highest BCUT2D eigenvalue weighted by Gasteiger charge is 2.26. The summed E-state index contributed by atoms with van der Waals surface area (Å²) in [4.78, 5) is 0. The first-order chi connectivity index (χ1) is 7.90. The minimum Gasteiger partial charge on any atom is -0.468 e. The van der Waals surface area contributed by atoms with E-state index in [-0.39, 0.29) is 0 Å². The Morgan fingerprint density at radius 3 is 3.12 bits per heavy atom. The molecule has 0 amide bonds. The minimum absolute atomic E-state index is 0.719. The summed E-state index contributed by atoms with van der Waals surface area (Å²) in [6.07, 6.45) is 9.99. The number of hydrogen-bond acceptors (Lipinski definition) is 2. The fraction of sp³-hybridized carbons (Fsp3) is 0.714. The summed E-state index contributed by atoms with van der Waals surface area (Å²) in [6.45, 7) is 3.17. The number of furan rings is 1. The Hall–Kier alpha value is -0.760. The molecule has 1 fully saturated rings. The van der Waals surface area contributed by atoms with E-state index in [1.807, 2.05) is 12.1 Å². The molecule has 0 aromatic carbocycles. The van der Waals surface area contributed by atoms with E-state index in [0.29, 0.717) is 0 Å². The summed E-state index contributed by atoms with van der Waals surface area (Å²) in [5.41, 5.74) is 0. The van der Waals surface area contributed by atoms with Crippen molar-refractivity contribution in [2.75, 3.05) is 0 Å². The second-order valence-electron chi connectivity index (χ2n) is 4.90. The average Bonchev–Trinajstić information content (AvgIpc) is 2.94. The maximum Gasteiger partial charge on any atom is 0.117 e. The van der Waals surface area contributed by atoms with Crippen molar-refractivity contribution < 1.29 is 4.42 Å². The molecule has 2 atom stereocenters. The molecule has 2 nitrogen and oxygen atoms in total. The molecule has 0 aliphatic heterocycles. The smallest absolute Gasteiger partial charge is 0.117 e. The van der Waals surface area contributed by atoms with Gasteiger partial charge in [0.05, 0.1) is 12.8 Å². The molecular weight excluding hydrogens is 198 g/mol. The molecular formula is C14H23NO. The molecule has 1 aromatic heterocycles. The van der Waals surface area contributed by atoms with Crippen molar-refractivity contribution in [3.63, 3.8) is 0 Å². The summed E-state index contributed by atoms with van der Waals surface area (Å²) in [5, 5.41) is 3.65. The van der Waals surface area contributed by atoms with Crippen LogP contribution in [0.3, 0.4) is 0 Å². The topological polar surface area (TPSA) is 25.2 Å². The molecule has 90 valence electrons. The Morgan fingerprint density at radius 1 is 1.44 bits per heavy atom. The van der Waals surface area contributed by atoms with Gasteiger partial charge in [-0.1, -0.05) is 26.2 Å². The molecule has 16 heavy (non-hydrogen) atoms. The Labute approximate surface area is 98.4 Å². The van der Waals surface area contributed by atoms with Crippen LogP contribution in [0.4, 0.5) is 0 Å². The van der Waals surface area contributed by atoms with Gasteiger partial charge in [-0.25, -0.2) is 0 Å². The van der Waals surface area contributed by atoms with Crippen LogP contribution in [-0.4, -0.2) is 6.04 Å². The summed E-state index contributed by atoms with van der Waals surface area (Å²) < 4.78 is 5.35. The van der Waals surface area contributed by atoms with E-state index in [2.05, 4.69) is 12.2 Å². The van der Waals surface area contributed by atoms with E-state index in [9.17, 15) is 0 Å². The second kappa shape index (κ2) is 6.09. The van der Waals surface area contributed by atoms with Crippen LogP contribution in [-0.2, 0) is 6.54 Å². The molecule has 1 saturated carbocycles. The first-order valence-electron chi connectivity index (χ1n) is 6.66. The first-order valence-corrected chi connectivity index (χ1v) is 6.66. The zero-order valence-electron chi connectivity index (χ0n) is 10.2. The predicted octanol–water partition coefficient (Wildman–Crippen LogP) is 3.73. The van der Waals surface area contributed by atoms with Gasteiger partial charge in [-0.3, -0.25) is 0 Å². The molecule has 2 heteroatoms. The zero-order chi connectivity index (χ0) is 11.2. The molecule has 0 bridgehead atoms. The van der Waals surface area contributed by atoms with Crippen LogP contribution >= 0.6 is 0 Å². The monoisotopic (exact) mass is 221 g/mol. The SMILES string of the molecule is CCCCC1CCCC1NCc1ccco1. The standard InChI is InChI=1S/C14H23NO/c1-2-3-6-12-7-4-9-14(12)15-11-13-8-5-10-16-13/h5,8,10,12,14-15H,2-4,6-7,9,11H2,1H3.